The van der Waals surface area contributed by atoms with Gasteiger partial charge in [-0.15, -0.1) is 0 Å². The number of hydrogen-bond acceptors (Lipinski definition) is 5. The number of hydrogen-bond donors (Lipinski definition) is 2. The van der Waals surface area contributed by atoms with Gasteiger partial charge in [0.1, 0.15) is 4.90 Å². The number of nitrogens with one attached hydrogen (secondary N) is 1. The molecule has 0 aliphatic carbocycles. The van der Waals surface area contributed by atoms with Crippen molar-refractivity contribution in [1.82, 2.24) is 19.5 Å². The second-order valence-corrected chi connectivity index (χ2v) is 6.10. The maximum Gasteiger partial charge on any atom is 0.244 e. The molecule has 0 amide bonds. The number of aromatic nitrogens is 3. The first-order valence-electron chi connectivity index (χ1n) is 6.14. The van der Waals surface area contributed by atoms with Crippen LogP contribution in [0.4, 0.5) is 5.69 Å². The molecule has 0 radical (unpaired) electrons. The summed E-state index contributed by atoms with van der Waals surface area (Å²) in [6, 6.07) is 1.45. The van der Waals surface area contributed by atoms with Gasteiger partial charge in [-0.1, -0.05) is 6.92 Å². The quantitative estimate of drug-likeness (QED) is 0.833. The van der Waals surface area contributed by atoms with Crippen molar-refractivity contribution < 1.29 is 8.42 Å². The number of nitrogens with two attached hydrogens (primary N) is 1. The Hall–Kier alpha value is -1.93. The first kappa shape index (κ1) is 14.5. The van der Waals surface area contributed by atoms with Crippen LogP contribution in [0.5, 0.6) is 0 Å². The maximum absolute atomic E-state index is 12.2. The molecule has 0 unspecified atom stereocenters. The Balaban J connectivity index is 2.20. The van der Waals surface area contributed by atoms with E-state index in [4.69, 9.17) is 5.73 Å². The highest BCUT2D eigenvalue weighted by Gasteiger charge is 2.18. The molecule has 2 rings (SSSR count). The number of rotatable bonds is 5. The third kappa shape index (κ3) is 2.97. The zero-order valence-corrected chi connectivity index (χ0v) is 12.2. The first-order chi connectivity index (χ1) is 9.44. The minimum atomic E-state index is -3.68. The van der Waals surface area contributed by atoms with Gasteiger partial charge in [-0.2, -0.15) is 5.10 Å². The number of sulfonamides is 1. The zero-order chi connectivity index (χ0) is 14.8. The van der Waals surface area contributed by atoms with Crippen molar-refractivity contribution in [3.63, 3.8) is 0 Å². The third-order valence-corrected chi connectivity index (χ3v) is 4.33. The van der Waals surface area contributed by atoms with E-state index in [2.05, 4.69) is 14.8 Å². The Kier molecular flexibility index (Phi) is 4.05. The molecule has 2 heterocycles. The number of aryl methyl sites for hydroxylation is 2. The molecule has 0 fully saturated rings. The molecule has 8 heteroatoms. The van der Waals surface area contributed by atoms with Crippen LogP contribution in [0.3, 0.4) is 0 Å². The van der Waals surface area contributed by atoms with Crippen LogP contribution >= 0.6 is 0 Å². The standard InChI is InChI=1S/C12H17N5O2S/c1-3-11-9(8-17(2)16-11)6-15-20(18,19)12-7-14-5-4-10(12)13/h4-5,7-8,15H,3,6H2,1-2H3,(H2,13,14). The van der Waals surface area contributed by atoms with Crippen LogP contribution in [0.2, 0.25) is 0 Å². The molecule has 108 valence electrons. The molecule has 0 spiro atoms. The predicted molar refractivity (Wildman–Crippen MR) is 75.3 cm³/mol. The summed E-state index contributed by atoms with van der Waals surface area (Å²) in [5.74, 6) is 0. The van der Waals surface area contributed by atoms with Crippen LogP contribution < -0.4 is 10.5 Å². The molecular formula is C12H17N5O2S. The van der Waals surface area contributed by atoms with Gasteiger partial charge in [-0.3, -0.25) is 9.67 Å². The molecule has 0 aromatic carbocycles. The second kappa shape index (κ2) is 5.59. The Morgan fingerprint density at radius 1 is 1.45 bits per heavy atom. The van der Waals surface area contributed by atoms with Crippen molar-refractivity contribution in [2.75, 3.05) is 5.73 Å². The Labute approximate surface area is 117 Å². The summed E-state index contributed by atoms with van der Waals surface area (Å²) in [6.45, 7) is 2.15. The molecule has 2 aromatic heterocycles. The fraction of sp³-hybridized carbons (Fsp3) is 0.333. The van der Waals surface area contributed by atoms with Crippen LogP contribution in [0.1, 0.15) is 18.2 Å². The normalized spacial score (nSPS) is 11.7. The summed E-state index contributed by atoms with van der Waals surface area (Å²) >= 11 is 0. The molecule has 7 nitrogen and oxygen atoms in total. The Morgan fingerprint density at radius 2 is 2.20 bits per heavy atom. The summed E-state index contributed by atoms with van der Waals surface area (Å²) < 4.78 is 28.5. The topological polar surface area (TPSA) is 103 Å². The maximum atomic E-state index is 12.2. The van der Waals surface area contributed by atoms with Crippen LogP contribution in [-0.2, 0) is 30.0 Å². The lowest BCUT2D eigenvalue weighted by Crippen LogP contribution is -2.24. The van der Waals surface area contributed by atoms with E-state index in [1.165, 1.54) is 18.5 Å². The molecule has 0 saturated heterocycles. The minimum Gasteiger partial charge on any atom is -0.398 e. The largest absolute Gasteiger partial charge is 0.398 e. The molecule has 3 N–H and O–H groups in total. The minimum absolute atomic E-state index is 0.0121. The first-order valence-corrected chi connectivity index (χ1v) is 7.63. The summed E-state index contributed by atoms with van der Waals surface area (Å²) in [6.07, 6.45) is 5.23. The van der Waals surface area contributed by atoms with E-state index in [9.17, 15) is 8.42 Å². The monoisotopic (exact) mass is 295 g/mol. The lowest BCUT2D eigenvalue weighted by atomic mass is 10.2. The van der Waals surface area contributed by atoms with Gasteiger partial charge in [0.15, 0.2) is 0 Å². The molecule has 0 aliphatic rings. The van der Waals surface area contributed by atoms with Gasteiger partial charge < -0.3 is 5.73 Å². The lowest BCUT2D eigenvalue weighted by Gasteiger charge is -2.08. The fourth-order valence-electron chi connectivity index (χ4n) is 1.89. The van der Waals surface area contributed by atoms with Gasteiger partial charge >= 0.3 is 0 Å². The van der Waals surface area contributed by atoms with Crippen LogP contribution in [0.15, 0.2) is 29.6 Å². The summed E-state index contributed by atoms with van der Waals surface area (Å²) in [7, 11) is -1.88. The number of pyridine rings is 1. The smallest absolute Gasteiger partial charge is 0.244 e. The van der Waals surface area contributed by atoms with Gasteiger partial charge in [0, 0.05) is 37.7 Å². The third-order valence-electron chi connectivity index (χ3n) is 2.89. The van der Waals surface area contributed by atoms with Gasteiger partial charge in [0.2, 0.25) is 10.0 Å². The van der Waals surface area contributed by atoms with Gasteiger partial charge in [-0.05, 0) is 12.5 Å². The van der Waals surface area contributed by atoms with Crippen LogP contribution in [0.25, 0.3) is 0 Å². The van der Waals surface area contributed by atoms with Crippen molar-refractivity contribution in [2.24, 2.45) is 7.05 Å². The predicted octanol–water partition coefficient (Wildman–Crippen LogP) is 0.438. The lowest BCUT2D eigenvalue weighted by molar-refractivity contribution is 0.581. The van der Waals surface area contributed by atoms with Crippen molar-refractivity contribution in [2.45, 2.75) is 24.8 Å². The van der Waals surface area contributed by atoms with E-state index in [0.717, 1.165) is 17.7 Å². The highest BCUT2D eigenvalue weighted by molar-refractivity contribution is 7.89. The summed E-state index contributed by atoms with van der Waals surface area (Å²) in [4.78, 5) is 3.78. The average molecular weight is 295 g/mol. The molecule has 2 aromatic rings. The van der Waals surface area contributed by atoms with Gasteiger partial charge in [0.05, 0.1) is 11.4 Å². The van der Waals surface area contributed by atoms with Crippen molar-refractivity contribution in [3.05, 3.63) is 35.9 Å². The molecule has 0 bridgehead atoms. The summed E-state index contributed by atoms with van der Waals surface area (Å²) in [5, 5.41) is 4.26. The van der Waals surface area contributed by atoms with E-state index < -0.39 is 10.0 Å². The van der Waals surface area contributed by atoms with Crippen molar-refractivity contribution in [3.8, 4) is 0 Å². The van der Waals surface area contributed by atoms with E-state index >= 15 is 0 Å². The van der Waals surface area contributed by atoms with E-state index in [-0.39, 0.29) is 17.1 Å². The summed E-state index contributed by atoms with van der Waals surface area (Å²) in [5.41, 5.74) is 7.55. The van der Waals surface area contributed by atoms with E-state index in [1.54, 1.807) is 17.9 Å². The molecule has 0 aliphatic heterocycles. The fourth-order valence-corrected chi connectivity index (χ4v) is 2.97. The molecule has 0 atom stereocenters. The van der Waals surface area contributed by atoms with Crippen LogP contribution in [-0.4, -0.2) is 23.2 Å². The van der Waals surface area contributed by atoms with Gasteiger partial charge in [0.25, 0.3) is 0 Å². The van der Waals surface area contributed by atoms with E-state index in [0.29, 0.717) is 0 Å². The van der Waals surface area contributed by atoms with Crippen LogP contribution in [0, 0.1) is 0 Å². The second-order valence-electron chi connectivity index (χ2n) is 4.37. The molecular weight excluding hydrogens is 278 g/mol. The highest BCUT2D eigenvalue weighted by atomic mass is 32.2. The van der Waals surface area contributed by atoms with Crippen molar-refractivity contribution in [1.29, 1.82) is 0 Å². The zero-order valence-electron chi connectivity index (χ0n) is 11.4. The highest BCUT2D eigenvalue weighted by Crippen LogP contribution is 2.16. The average Bonchev–Trinajstić information content (AvgIpc) is 2.77. The van der Waals surface area contributed by atoms with E-state index in [1.807, 2.05) is 6.92 Å². The molecule has 20 heavy (non-hydrogen) atoms. The van der Waals surface area contributed by atoms with Crippen molar-refractivity contribution >= 4 is 15.7 Å². The Bertz CT molecular complexity index is 708. The number of anilines is 1. The SMILES string of the molecule is CCc1nn(C)cc1CNS(=O)(=O)c1cnccc1N. The Morgan fingerprint density at radius 3 is 2.85 bits per heavy atom. The number of nitrogens with zero attached hydrogens (tertiary/aromatic N) is 3. The number of nitrogen functional groups attached to an aromatic ring is 1. The molecule has 0 saturated carbocycles. The van der Waals surface area contributed by atoms with Gasteiger partial charge in [-0.25, -0.2) is 13.1 Å².